The number of benzene rings is 2. The van der Waals surface area contributed by atoms with E-state index in [2.05, 4.69) is 35.1 Å². The van der Waals surface area contributed by atoms with Crippen molar-refractivity contribution in [1.82, 2.24) is 19.8 Å². The summed E-state index contributed by atoms with van der Waals surface area (Å²) in [5.74, 6) is 0.598. The zero-order chi connectivity index (χ0) is 24.1. The van der Waals surface area contributed by atoms with E-state index in [9.17, 15) is 9.59 Å². The molecule has 2 amide bonds. The van der Waals surface area contributed by atoms with Crippen LogP contribution in [0.15, 0.2) is 57.8 Å². The fourth-order valence-corrected chi connectivity index (χ4v) is 5.16. The van der Waals surface area contributed by atoms with Crippen molar-refractivity contribution >= 4 is 32.9 Å². The molecule has 180 valence electrons. The molecule has 1 unspecified atom stereocenters. The van der Waals surface area contributed by atoms with Crippen LogP contribution in [0, 0.1) is 0 Å². The predicted octanol–water partition coefficient (Wildman–Crippen LogP) is 6.35. The monoisotopic (exact) mass is 524 g/mol. The minimum Gasteiger partial charge on any atom is -0.335 e. The minimum absolute atomic E-state index is 0.0645. The molecular weight excluding hydrogens is 492 g/mol. The summed E-state index contributed by atoms with van der Waals surface area (Å²) in [5.41, 5.74) is 1.27. The molecule has 3 aromatic rings. The standard InChI is InChI=1S/C27H33BrN4O2/c1-3-18-31(27(34)29-20-10-6-5-7-11-20)24(4-2)25-30-23-13-9-8-12-22(23)26(33)32(25)21-16-14-19(28)15-17-21/h8-9,12-17,20,24H,3-7,10-11,18H2,1-2H3,(H,29,34). The number of rotatable bonds is 7. The van der Waals surface area contributed by atoms with Crippen LogP contribution in [0.1, 0.15) is 70.7 Å². The van der Waals surface area contributed by atoms with Gasteiger partial charge in [0.05, 0.1) is 22.6 Å². The smallest absolute Gasteiger partial charge is 0.318 e. The maximum absolute atomic E-state index is 13.7. The Morgan fingerprint density at radius 1 is 1.12 bits per heavy atom. The maximum Gasteiger partial charge on any atom is 0.318 e. The third-order valence-electron chi connectivity index (χ3n) is 6.61. The lowest BCUT2D eigenvalue weighted by atomic mass is 9.96. The second-order valence-electron chi connectivity index (χ2n) is 9.01. The molecule has 0 spiro atoms. The van der Waals surface area contributed by atoms with Gasteiger partial charge in [-0.2, -0.15) is 0 Å². The molecule has 6 nitrogen and oxygen atoms in total. The normalized spacial score (nSPS) is 15.3. The Hall–Kier alpha value is -2.67. The first kappa shape index (κ1) is 24.5. The molecule has 2 aromatic carbocycles. The molecule has 34 heavy (non-hydrogen) atoms. The second kappa shape index (κ2) is 11.2. The summed E-state index contributed by atoms with van der Waals surface area (Å²) in [7, 11) is 0. The highest BCUT2D eigenvalue weighted by atomic mass is 79.9. The molecule has 0 radical (unpaired) electrons. The van der Waals surface area contributed by atoms with E-state index < -0.39 is 0 Å². The van der Waals surface area contributed by atoms with E-state index in [0.717, 1.165) is 42.3 Å². The third kappa shape index (κ3) is 5.19. The quantitative estimate of drug-likeness (QED) is 0.391. The SMILES string of the molecule is CCCN(C(=O)NC1CCCCC1)C(CC)c1nc2ccccc2c(=O)n1-c1ccc(Br)cc1. The lowest BCUT2D eigenvalue weighted by Gasteiger charge is -2.34. The molecular formula is C27H33BrN4O2. The number of nitrogens with zero attached hydrogens (tertiary/aromatic N) is 3. The van der Waals surface area contributed by atoms with Gasteiger partial charge < -0.3 is 10.2 Å². The van der Waals surface area contributed by atoms with Gasteiger partial charge in [-0.25, -0.2) is 9.78 Å². The first-order valence-electron chi connectivity index (χ1n) is 12.4. The van der Waals surface area contributed by atoms with Gasteiger partial charge in [-0.3, -0.25) is 9.36 Å². The highest BCUT2D eigenvalue weighted by molar-refractivity contribution is 9.10. The summed E-state index contributed by atoms with van der Waals surface area (Å²) in [6.45, 7) is 4.72. The molecule has 4 rings (SSSR count). The van der Waals surface area contributed by atoms with Gasteiger partial charge in [0.1, 0.15) is 5.82 Å². The molecule has 0 bridgehead atoms. The van der Waals surface area contributed by atoms with Crippen molar-refractivity contribution in [2.45, 2.75) is 70.9 Å². The van der Waals surface area contributed by atoms with E-state index in [1.54, 1.807) is 4.57 Å². The molecule has 1 saturated carbocycles. The van der Waals surface area contributed by atoms with E-state index in [1.807, 2.05) is 53.4 Å². The summed E-state index contributed by atoms with van der Waals surface area (Å²) < 4.78 is 2.62. The lowest BCUT2D eigenvalue weighted by molar-refractivity contribution is 0.161. The predicted molar refractivity (Wildman–Crippen MR) is 140 cm³/mol. The highest BCUT2D eigenvalue weighted by Gasteiger charge is 2.30. The Bertz CT molecular complexity index is 1190. The largest absolute Gasteiger partial charge is 0.335 e. The van der Waals surface area contributed by atoms with Crippen LogP contribution in [-0.2, 0) is 0 Å². The van der Waals surface area contributed by atoms with Crippen LogP contribution < -0.4 is 10.9 Å². The van der Waals surface area contributed by atoms with E-state index >= 15 is 0 Å². The number of amides is 2. The van der Waals surface area contributed by atoms with Crippen molar-refractivity contribution in [3.63, 3.8) is 0 Å². The average molecular weight is 525 g/mol. The van der Waals surface area contributed by atoms with Gasteiger partial charge >= 0.3 is 6.03 Å². The van der Waals surface area contributed by atoms with Crippen LogP contribution in [0.4, 0.5) is 4.79 Å². The fourth-order valence-electron chi connectivity index (χ4n) is 4.90. The average Bonchev–Trinajstić information content (AvgIpc) is 2.85. The lowest BCUT2D eigenvalue weighted by Crippen LogP contribution is -2.48. The van der Waals surface area contributed by atoms with Gasteiger partial charge in [0.25, 0.3) is 5.56 Å². The topological polar surface area (TPSA) is 67.2 Å². The van der Waals surface area contributed by atoms with E-state index in [-0.39, 0.29) is 23.7 Å². The molecule has 1 heterocycles. The zero-order valence-electron chi connectivity index (χ0n) is 20.0. The summed E-state index contributed by atoms with van der Waals surface area (Å²) in [6.07, 6.45) is 7.09. The Morgan fingerprint density at radius 3 is 2.50 bits per heavy atom. The van der Waals surface area contributed by atoms with Crippen molar-refractivity contribution < 1.29 is 4.79 Å². The zero-order valence-corrected chi connectivity index (χ0v) is 21.6. The number of hydrogen-bond donors (Lipinski definition) is 1. The van der Waals surface area contributed by atoms with Gasteiger partial charge in [0.2, 0.25) is 0 Å². The summed E-state index contributed by atoms with van der Waals surface area (Å²) in [5, 5.41) is 3.84. The minimum atomic E-state index is -0.329. The van der Waals surface area contributed by atoms with Crippen molar-refractivity contribution in [2.75, 3.05) is 6.54 Å². The Morgan fingerprint density at radius 2 is 1.82 bits per heavy atom. The molecule has 7 heteroatoms. The first-order chi connectivity index (χ1) is 16.5. The highest BCUT2D eigenvalue weighted by Crippen LogP contribution is 2.27. The molecule has 1 aromatic heterocycles. The number of urea groups is 1. The van der Waals surface area contributed by atoms with Crippen molar-refractivity contribution in [2.24, 2.45) is 0 Å². The number of carbonyl (C=O) groups is 1. The van der Waals surface area contributed by atoms with Crippen molar-refractivity contribution in [3.05, 3.63) is 69.2 Å². The van der Waals surface area contributed by atoms with Crippen LogP contribution in [0.2, 0.25) is 0 Å². The van der Waals surface area contributed by atoms with Crippen LogP contribution in [0.25, 0.3) is 16.6 Å². The van der Waals surface area contributed by atoms with E-state index in [0.29, 0.717) is 29.7 Å². The molecule has 1 aliphatic carbocycles. The summed E-state index contributed by atoms with van der Waals surface area (Å²) in [6, 6.07) is 14.9. The molecule has 1 N–H and O–H groups in total. The summed E-state index contributed by atoms with van der Waals surface area (Å²) >= 11 is 3.48. The Balaban J connectivity index is 1.82. The third-order valence-corrected chi connectivity index (χ3v) is 7.13. The second-order valence-corrected chi connectivity index (χ2v) is 9.92. The number of halogens is 1. The van der Waals surface area contributed by atoms with Gasteiger partial charge in [-0.1, -0.05) is 61.2 Å². The molecule has 1 aliphatic rings. The van der Waals surface area contributed by atoms with Crippen LogP contribution >= 0.6 is 15.9 Å². The van der Waals surface area contributed by atoms with Crippen LogP contribution in [0.5, 0.6) is 0 Å². The van der Waals surface area contributed by atoms with Crippen molar-refractivity contribution in [1.29, 1.82) is 0 Å². The summed E-state index contributed by atoms with van der Waals surface area (Å²) in [4.78, 5) is 34.1. The van der Waals surface area contributed by atoms with E-state index in [1.165, 1.54) is 6.42 Å². The number of carbonyl (C=O) groups excluding carboxylic acids is 1. The number of para-hydroxylation sites is 1. The first-order valence-corrected chi connectivity index (χ1v) is 13.2. The fraction of sp³-hybridized carbons (Fsp3) is 0.444. The number of nitrogens with one attached hydrogen (secondary N) is 1. The molecule has 1 atom stereocenters. The number of hydrogen-bond acceptors (Lipinski definition) is 3. The van der Waals surface area contributed by atoms with Gasteiger partial charge in [0.15, 0.2) is 0 Å². The Labute approximate surface area is 209 Å². The molecule has 1 fully saturated rings. The number of fused-ring (bicyclic) bond motifs is 1. The van der Waals surface area contributed by atoms with Crippen molar-refractivity contribution in [3.8, 4) is 5.69 Å². The van der Waals surface area contributed by atoms with Gasteiger partial charge in [0, 0.05) is 17.1 Å². The Kier molecular flexibility index (Phi) is 8.03. The number of aromatic nitrogens is 2. The van der Waals surface area contributed by atoms with Gasteiger partial charge in [-0.05, 0) is 62.1 Å². The molecule has 0 saturated heterocycles. The maximum atomic E-state index is 13.7. The van der Waals surface area contributed by atoms with Crippen LogP contribution in [0.3, 0.4) is 0 Å². The van der Waals surface area contributed by atoms with E-state index in [4.69, 9.17) is 4.98 Å². The van der Waals surface area contributed by atoms with Gasteiger partial charge in [-0.15, -0.1) is 0 Å². The van der Waals surface area contributed by atoms with Crippen LogP contribution in [-0.4, -0.2) is 33.1 Å². The molecule has 0 aliphatic heterocycles.